The second kappa shape index (κ2) is 10.2. The van der Waals surface area contributed by atoms with E-state index in [9.17, 15) is 24.2 Å². The van der Waals surface area contributed by atoms with Crippen molar-refractivity contribution in [1.82, 2.24) is 9.80 Å². The molecule has 1 aliphatic heterocycles. The quantitative estimate of drug-likeness (QED) is 0.597. The van der Waals surface area contributed by atoms with Crippen LogP contribution < -0.4 is 4.74 Å². The minimum atomic E-state index is -1.29. The summed E-state index contributed by atoms with van der Waals surface area (Å²) in [5, 5.41) is 18.6. The van der Waals surface area contributed by atoms with E-state index >= 15 is 0 Å². The van der Waals surface area contributed by atoms with E-state index in [1.54, 1.807) is 6.07 Å². The Bertz CT molecular complexity index is 1030. The van der Waals surface area contributed by atoms with Crippen molar-refractivity contribution in [2.75, 3.05) is 20.6 Å². The van der Waals surface area contributed by atoms with E-state index in [4.69, 9.17) is 4.74 Å². The molecule has 1 aliphatic carbocycles. The van der Waals surface area contributed by atoms with Crippen LogP contribution in [-0.4, -0.2) is 64.9 Å². The van der Waals surface area contributed by atoms with Crippen molar-refractivity contribution in [1.29, 1.82) is 0 Å². The molecule has 7 nitrogen and oxygen atoms in total. The minimum Gasteiger partial charge on any atom is -0.488 e. The SMILES string of the molecule is CN(C)C1(c2ccccc2)CCC(Cc2cc(O[C@H]3C[C@@H](C(=O)O)N(C(=O)O)C3)ccc2F)CC1. The Kier molecular flexibility index (Phi) is 7.31. The number of rotatable bonds is 7. The number of ether oxygens (including phenoxy) is 1. The molecule has 1 heterocycles. The van der Waals surface area contributed by atoms with Crippen molar-refractivity contribution >= 4 is 12.1 Å². The van der Waals surface area contributed by atoms with Crippen LogP contribution in [-0.2, 0) is 16.8 Å². The molecule has 35 heavy (non-hydrogen) atoms. The summed E-state index contributed by atoms with van der Waals surface area (Å²) in [7, 11) is 4.24. The van der Waals surface area contributed by atoms with E-state index in [0.717, 1.165) is 30.6 Å². The lowest BCUT2D eigenvalue weighted by molar-refractivity contribution is -0.141. The molecule has 0 aromatic heterocycles. The van der Waals surface area contributed by atoms with E-state index < -0.39 is 24.2 Å². The smallest absolute Gasteiger partial charge is 0.408 e. The second-order valence-corrected chi connectivity index (χ2v) is 9.96. The van der Waals surface area contributed by atoms with Crippen LogP contribution in [0.5, 0.6) is 5.75 Å². The van der Waals surface area contributed by atoms with Gasteiger partial charge in [0.15, 0.2) is 0 Å². The Morgan fingerprint density at radius 1 is 1.11 bits per heavy atom. The monoisotopic (exact) mass is 484 g/mol. The van der Waals surface area contributed by atoms with Gasteiger partial charge in [-0.15, -0.1) is 0 Å². The number of carboxylic acid groups (broad SMARTS) is 2. The molecule has 0 bridgehead atoms. The summed E-state index contributed by atoms with van der Waals surface area (Å²) >= 11 is 0. The lowest BCUT2D eigenvalue weighted by Gasteiger charge is -2.45. The van der Waals surface area contributed by atoms with Crippen molar-refractivity contribution in [3.8, 4) is 5.75 Å². The Balaban J connectivity index is 1.41. The number of nitrogens with zero attached hydrogens (tertiary/aromatic N) is 2. The third kappa shape index (κ3) is 5.27. The average Bonchev–Trinajstić information content (AvgIpc) is 3.27. The maximum absolute atomic E-state index is 14.7. The highest BCUT2D eigenvalue weighted by atomic mass is 19.1. The molecule has 2 aliphatic rings. The molecule has 2 N–H and O–H groups in total. The third-order valence-electron chi connectivity index (χ3n) is 7.72. The third-order valence-corrected chi connectivity index (χ3v) is 7.72. The van der Waals surface area contributed by atoms with Crippen LogP contribution >= 0.6 is 0 Å². The van der Waals surface area contributed by atoms with Gasteiger partial charge in [-0.2, -0.15) is 0 Å². The van der Waals surface area contributed by atoms with Crippen molar-refractivity contribution in [3.05, 3.63) is 65.5 Å². The lowest BCUT2D eigenvalue weighted by atomic mass is 9.70. The fourth-order valence-electron chi connectivity index (χ4n) is 5.71. The van der Waals surface area contributed by atoms with Crippen LogP contribution in [0.3, 0.4) is 0 Å². The molecule has 188 valence electrons. The number of carbonyl (C=O) groups is 2. The largest absolute Gasteiger partial charge is 0.488 e. The molecular weight excluding hydrogens is 451 g/mol. The highest BCUT2D eigenvalue weighted by Gasteiger charge is 2.41. The molecule has 0 radical (unpaired) electrons. The Hall–Kier alpha value is -3.13. The van der Waals surface area contributed by atoms with Crippen LogP contribution in [0.2, 0.25) is 0 Å². The number of hydrogen-bond donors (Lipinski definition) is 2. The first-order valence-electron chi connectivity index (χ1n) is 12.1. The second-order valence-electron chi connectivity index (χ2n) is 9.96. The first kappa shape index (κ1) is 25.0. The number of aliphatic carboxylic acids is 1. The van der Waals surface area contributed by atoms with E-state index in [1.807, 2.05) is 6.07 Å². The predicted molar refractivity (Wildman–Crippen MR) is 129 cm³/mol. The highest BCUT2D eigenvalue weighted by Crippen LogP contribution is 2.44. The normalized spacial score (nSPS) is 26.6. The van der Waals surface area contributed by atoms with Gasteiger partial charge in [-0.05, 0) is 81.4 Å². The first-order valence-corrected chi connectivity index (χ1v) is 12.1. The first-order chi connectivity index (χ1) is 16.7. The van der Waals surface area contributed by atoms with Gasteiger partial charge in [-0.1, -0.05) is 30.3 Å². The number of carboxylic acids is 1. The Labute approximate surface area is 205 Å². The van der Waals surface area contributed by atoms with E-state index in [-0.39, 0.29) is 24.3 Å². The molecule has 2 fully saturated rings. The summed E-state index contributed by atoms with van der Waals surface area (Å²) in [6.07, 6.45) is 2.74. The fraction of sp³-hybridized carbons (Fsp3) is 0.481. The molecule has 1 amide bonds. The minimum absolute atomic E-state index is 0.0135. The molecular formula is C27H33FN2O5. The van der Waals surface area contributed by atoms with Gasteiger partial charge in [0.1, 0.15) is 23.7 Å². The molecule has 8 heteroatoms. The Morgan fingerprint density at radius 3 is 2.37 bits per heavy atom. The molecule has 0 unspecified atom stereocenters. The van der Waals surface area contributed by atoms with Crippen molar-refractivity contribution < 1.29 is 28.9 Å². The van der Waals surface area contributed by atoms with Gasteiger partial charge in [0.05, 0.1) is 6.54 Å². The van der Waals surface area contributed by atoms with Crippen molar-refractivity contribution in [2.24, 2.45) is 5.92 Å². The van der Waals surface area contributed by atoms with Gasteiger partial charge in [-0.3, -0.25) is 9.80 Å². The summed E-state index contributed by atoms with van der Waals surface area (Å²) in [6.45, 7) is -0.0340. The zero-order valence-electron chi connectivity index (χ0n) is 20.2. The topological polar surface area (TPSA) is 90.3 Å². The summed E-state index contributed by atoms with van der Waals surface area (Å²) in [5.74, 6) is -0.695. The highest BCUT2D eigenvalue weighted by molar-refractivity contribution is 5.80. The summed E-state index contributed by atoms with van der Waals surface area (Å²) < 4.78 is 20.6. The lowest BCUT2D eigenvalue weighted by Crippen LogP contribution is -2.44. The molecule has 0 spiro atoms. The molecule has 2 atom stereocenters. The van der Waals surface area contributed by atoms with Gasteiger partial charge in [0.2, 0.25) is 0 Å². The summed E-state index contributed by atoms with van der Waals surface area (Å²) in [4.78, 5) is 26.0. The van der Waals surface area contributed by atoms with E-state index in [2.05, 4.69) is 43.3 Å². The fourth-order valence-corrected chi connectivity index (χ4v) is 5.71. The van der Waals surface area contributed by atoms with Gasteiger partial charge >= 0.3 is 12.1 Å². The summed E-state index contributed by atoms with van der Waals surface area (Å²) in [6, 6.07) is 14.0. The van der Waals surface area contributed by atoms with Crippen molar-refractivity contribution in [3.63, 3.8) is 0 Å². The molecule has 4 rings (SSSR count). The Morgan fingerprint density at radius 2 is 1.80 bits per heavy atom. The van der Waals surface area contributed by atoms with E-state index in [1.165, 1.54) is 17.7 Å². The zero-order chi connectivity index (χ0) is 25.2. The van der Waals surface area contributed by atoms with Crippen molar-refractivity contribution in [2.45, 2.75) is 56.2 Å². The van der Waals surface area contributed by atoms with Crippen LogP contribution in [0.15, 0.2) is 48.5 Å². The van der Waals surface area contributed by atoms with Crippen LogP contribution in [0, 0.1) is 11.7 Å². The van der Waals surface area contributed by atoms with E-state index in [0.29, 0.717) is 23.7 Å². The van der Waals surface area contributed by atoms with Crippen LogP contribution in [0.1, 0.15) is 43.2 Å². The van der Waals surface area contributed by atoms with Crippen LogP contribution in [0.4, 0.5) is 9.18 Å². The number of hydrogen-bond acceptors (Lipinski definition) is 4. The molecule has 1 saturated carbocycles. The predicted octanol–water partition coefficient (Wildman–Crippen LogP) is 4.60. The number of halogens is 1. The molecule has 1 saturated heterocycles. The van der Waals surface area contributed by atoms with Gasteiger partial charge in [0.25, 0.3) is 0 Å². The van der Waals surface area contributed by atoms with Gasteiger partial charge in [0, 0.05) is 12.0 Å². The maximum atomic E-state index is 14.7. The number of benzene rings is 2. The molecule has 2 aromatic carbocycles. The van der Waals surface area contributed by atoms with Gasteiger partial charge < -0.3 is 14.9 Å². The molecule has 2 aromatic rings. The maximum Gasteiger partial charge on any atom is 0.408 e. The van der Waals surface area contributed by atoms with Crippen LogP contribution in [0.25, 0.3) is 0 Å². The average molecular weight is 485 g/mol. The zero-order valence-corrected chi connectivity index (χ0v) is 20.2. The summed E-state index contributed by atoms with van der Waals surface area (Å²) in [5.41, 5.74) is 1.88. The number of likely N-dealkylation sites (tertiary alicyclic amines) is 1. The number of amides is 1. The standard InChI is InChI=1S/C27H33FN2O5/c1-29(2)27(20-6-4-3-5-7-20)12-10-18(11-13-27)14-19-15-21(8-9-23(19)28)35-22-16-24(25(31)32)30(17-22)26(33)34/h3-9,15,18,22,24H,10-14,16-17H2,1-2H3,(H,31,32)(H,33,34)/t18?,22-,24-,27?/m0/s1. The van der Waals surface area contributed by atoms with Gasteiger partial charge in [-0.25, -0.2) is 14.0 Å².